The lowest BCUT2D eigenvalue weighted by Crippen LogP contribution is -2.34. The van der Waals surface area contributed by atoms with E-state index in [-0.39, 0.29) is 34.5 Å². The van der Waals surface area contributed by atoms with E-state index in [1.54, 1.807) is 4.68 Å². The predicted octanol–water partition coefficient (Wildman–Crippen LogP) is 2.95. The molecule has 4 rings (SSSR count). The summed E-state index contributed by atoms with van der Waals surface area (Å²) in [4.78, 5) is 26.3. The number of rotatable bonds is 5. The number of alkyl halides is 1. The Bertz CT molecular complexity index is 881. The van der Waals surface area contributed by atoms with Gasteiger partial charge in [-0.15, -0.1) is 0 Å². The summed E-state index contributed by atoms with van der Waals surface area (Å²) in [6.07, 6.45) is 6.37. The number of carbonyl (C=O) groups excluding carboxylic acids is 2. The summed E-state index contributed by atoms with van der Waals surface area (Å²) in [5, 5.41) is 14.2. The van der Waals surface area contributed by atoms with Crippen molar-refractivity contribution in [2.45, 2.75) is 54.6 Å². The van der Waals surface area contributed by atoms with Gasteiger partial charge in [0.1, 0.15) is 6.10 Å². The fourth-order valence-corrected chi connectivity index (χ4v) is 4.94. The van der Waals surface area contributed by atoms with Gasteiger partial charge in [-0.05, 0) is 38.2 Å². The number of H-pyrrole nitrogens is 1. The zero-order chi connectivity index (χ0) is 20.4. The molecule has 2 fully saturated rings. The Morgan fingerprint density at radius 2 is 2.24 bits per heavy atom. The molecule has 2 N–H and O–H groups in total. The normalized spacial score (nSPS) is 24.1. The van der Waals surface area contributed by atoms with Crippen molar-refractivity contribution in [3.8, 4) is 0 Å². The summed E-state index contributed by atoms with van der Waals surface area (Å²) in [5.41, 5.74) is 1.68. The van der Waals surface area contributed by atoms with Gasteiger partial charge in [0.05, 0.1) is 16.2 Å². The zero-order valence-corrected chi connectivity index (χ0v) is 18.5. The minimum Gasteiger partial charge on any atom is -0.446 e. The van der Waals surface area contributed by atoms with Crippen LogP contribution in [0.5, 0.6) is 0 Å². The number of carbonyl (C=O) groups is 2. The second-order valence-electron chi connectivity index (χ2n) is 7.70. The number of aryl methyl sites for hydroxylation is 1. The topological polar surface area (TPSA) is 105 Å². The maximum atomic E-state index is 12.4. The summed E-state index contributed by atoms with van der Waals surface area (Å²) in [5.74, 6) is 0.598. The van der Waals surface area contributed by atoms with E-state index in [2.05, 4.69) is 43.2 Å². The summed E-state index contributed by atoms with van der Waals surface area (Å²) >= 11 is 2.30. The van der Waals surface area contributed by atoms with Crippen molar-refractivity contribution in [3.63, 3.8) is 0 Å². The molecule has 3 atom stereocenters. The maximum Gasteiger partial charge on any atom is 0.410 e. The van der Waals surface area contributed by atoms with Gasteiger partial charge < -0.3 is 10.1 Å². The van der Waals surface area contributed by atoms with E-state index in [4.69, 9.17) is 4.74 Å². The number of aromatic nitrogens is 4. The Hall–Kier alpha value is -2.11. The van der Waals surface area contributed by atoms with Crippen LogP contribution in [0.4, 0.5) is 10.6 Å². The fourth-order valence-electron chi connectivity index (χ4n) is 3.99. The molecular weight excluding hydrogens is 487 g/mol. The van der Waals surface area contributed by atoms with Crippen LogP contribution in [0.25, 0.3) is 0 Å². The van der Waals surface area contributed by atoms with Crippen LogP contribution in [0.15, 0.2) is 18.3 Å². The molecule has 1 saturated heterocycles. The van der Waals surface area contributed by atoms with Gasteiger partial charge in [0.15, 0.2) is 5.82 Å². The molecule has 0 unspecified atom stereocenters. The Balaban J connectivity index is 1.27. The van der Waals surface area contributed by atoms with Crippen LogP contribution in [-0.2, 0) is 23.0 Å². The van der Waals surface area contributed by atoms with Gasteiger partial charge in [0, 0.05) is 37.5 Å². The molecule has 2 aliphatic rings. The van der Waals surface area contributed by atoms with Crippen LogP contribution in [-0.4, -0.2) is 53.6 Å². The first-order valence-electron chi connectivity index (χ1n) is 9.93. The van der Waals surface area contributed by atoms with E-state index in [0.29, 0.717) is 11.5 Å². The minimum atomic E-state index is -0.195. The molecule has 0 spiro atoms. The maximum absolute atomic E-state index is 12.4. The average Bonchev–Trinajstić information content (AvgIpc) is 3.44. The van der Waals surface area contributed by atoms with Crippen molar-refractivity contribution < 1.29 is 14.3 Å². The zero-order valence-electron chi connectivity index (χ0n) is 16.3. The van der Waals surface area contributed by atoms with Crippen molar-refractivity contribution >= 4 is 40.4 Å². The average molecular weight is 512 g/mol. The molecule has 10 heteroatoms. The monoisotopic (exact) mass is 512 g/mol. The highest BCUT2D eigenvalue weighted by molar-refractivity contribution is 14.1. The third kappa shape index (κ3) is 4.90. The molecule has 2 aromatic rings. The second kappa shape index (κ2) is 8.72. The van der Waals surface area contributed by atoms with E-state index in [1.807, 2.05) is 30.3 Å². The Morgan fingerprint density at radius 3 is 2.97 bits per heavy atom. The number of likely N-dealkylation sites (tertiary alicyclic amines) is 1. The third-order valence-corrected chi connectivity index (χ3v) is 6.78. The number of hydrogen-bond donors (Lipinski definition) is 2. The van der Waals surface area contributed by atoms with Gasteiger partial charge in [0.2, 0.25) is 5.91 Å². The molecule has 9 nitrogen and oxygen atoms in total. The van der Waals surface area contributed by atoms with Crippen LogP contribution in [0.2, 0.25) is 0 Å². The number of nitrogens with zero attached hydrogens (tertiary/aromatic N) is 4. The molecule has 1 saturated carbocycles. The molecular formula is C19H25IN6O3. The number of halogens is 1. The highest BCUT2D eigenvalue weighted by Crippen LogP contribution is 2.36. The summed E-state index contributed by atoms with van der Waals surface area (Å²) in [6, 6.07) is 3.68. The predicted molar refractivity (Wildman–Crippen MR) is 115 cm³/mol. The van der Waals surface area contributed by atoms with Crippen LogP contribution < -0.4 is 5.32 Å². The van der Waals surface area contributed by atoms with E-state index in [1.165, 1.54) is 0 Å². The van der Waals surface area contributed by atoms with Gasteiger partial charge in [-0.1, -0.05) is 22.6 Å². The lowest BCUT2D eigenvalue weighted by molar-refractivity contribution is -0.115. The molecule has 2 aromatic heterocycles. The van der Waals surface area contributed by atoms with Crippen molar-refractivity contribution in [3.05, 3.63) is 29.7 Å². The number of amides is 2. The molecule has 0 radical (unpaired) electrons. The Kier molecular flexibility index (Phi) is 6.07. The smallest absolute Gasteiger partial charge is 0.410 e. The molecule has 3 heterocycles. The van der Waals surface area contributed by atoms with E-state index in [9.17, 15) is 9.59 Å². The van der Waals surface area contributed by atoms with Gasteiger partial charge in [-0.25, -0.2) is 4.79 Å². The molecule has 1 aliphatic carbocycles. The second-order valence-corrected chi connectivity index (χ2v) is 9.14. The minimum absolute atomic E-state index is 0.0674. The van der Waals surface area contributed by atoms with E-state index in [0.717, 1.165) is 44.3 Å². The van der Waals surface area contributed by atoms with E-state index < -0.39 is 0 Å². The summed E-state index contributed by atoms with van der Waals surface area (Å²) in [6.45, 7) is 0.782. The molecule has 29 heavy (non-hydrogen) atoms. The molecule has 0 bridgehead atoms. The SMILES string of the molecule is Cn1ccc(CC(=O)Nc2cc([C@H]3CC[C@@H](OC(=O)N4CCC[C@@H]4I)C3)[nH]n2)n1. The molecule has 0 aromatic carbocycles. The number of hydrogen-bond acceptors (Lipinski definition) is 5. The lowest BCUT2D eigenvalue weighted by atomic mass is 10.0. The van der Waals surface area contributed by atoms with Crippen LogP contribution in [0, 0.1) is 0 Å². The van der Waals surface area contributed by atoms with Crippen molar-refractivity contribution in [2.75, 3.05) is 11.9 Å². The number of nitrogens with one attached hydrogen (secondary N) is 2. The lowest BCUT2D eigenvalue weighted by Gasteiger charge is -2.22. The summed E-state index contributed by atoms with van der Waals surface area (Å²) < 4.78 is 7.63. The van der Waals surface area contributed by atoms with Crippen molar-refractivity contribution in [1.82, 2.24) is 24.9 Å². The van der Waals surface area contributed by atoms with Gasteiger partial charge in [-0.3, -0.25) is 19.5 Å². The highest BCUT2D eigenvalue weighted by atomic mass is 127. The number of aromatic amines is 1. The molecule has 1 aliphatic heterocycles. The Morgan fingerprint density at radius 1 is 1.38 bits per heavy atom. The molecule has 2 amide bonds. The quantitative estimate of drug-likeness (QED) is 0.364. The van der Waals surface area contributed by atoms with Gasteiger partial charge >= 0.3 is 6.09 Å². The van der Waals surface area contributed by atoms with E-state index >= 15 is 0 Å². The fraction of sp³-hybridized carbons (Fsp3) is 0.579. The Labute approximate surface area is 182 Å². The number of ether oxygens (including phenoxy) is 1. The standard InChI is InChI=1S/C19H25IN6O3/c1-25-8-6-13(24-25)10-18(27)21-17-11-15(22-23-17)12-4-5-14(9-12)29-19(28)26-7-2-3-16(26)20/h6,8,11-12,14,16H,2-5,7,9-10H2,1H3,(H2,21,22,23,27)/t12-,14+,16+/m0/s1. The van der Waals surface area contributed by atoms with Crippen molar-refractivity contribution in [2.24, 2.45) is 7.05 Å². The summed E-state index contributed by atoms with van der Waals surface area (Å²) in [7, 11) is 1.82. The highest BCUT2D eigenvalue weighted by Gasteiger charge is 2.33. The first-order chi connectivity index (χ1) is 14.0. The number of anilines is 1. The first kappa shape index (κ1) is 20.2. The first-order valence-corrected chi connectivity index (χ1v) is 11.2. The third-order valence-electron chi connectivity index (χ3n) is 5.48. The van der Waals surface area contributed by atoms with Crippen LogP contribution in [0.1, 0.15) is 49.4 Å². The van der Waals surface area contributed by atoms with Crippen molar-refractivity contribution in [1.29, 1.82) is 0 Å². The van der Waals surface area contributed by atoms with Crippen LogP contribution >= 0.6 is 22.6 Å². The van der Waals surface area contributed by atoms with Gasteiger partial charge in [0.25, 0.3) is 0 Å². The van der Waals surface area contributed by atoms with Gasteiger partial charge in [-0.2, -0.15) is 10.2 Å². The molecule has 156 valence electrons. The largest absolute Gasteiger partial charge is 0.446 e. The van der Waals surface area contributed by atoms with Crippen LogP contribution in [0.3, 0.4) is 0 Å².